The molecule has 0 fully saturated rings. The quantitative estimate of drug-likeness (QED) is 0.146. The summed E-state index contributed by atoms with van der Waals surface area (Å²) in [5.74, 6) is -0.863. The monoisotopic (exact) mass is 665 g/mol. The highest BCUT2D eigenvalue weighted by molar-refractivity contribution is 7.92. The number of aryl methyl sites for hydroxylation is 1. The summed E-state index contributed by atoms with van der Waals surface area (Å²) in [5, 5.41) is 3.88. The van der Waals surface area contributed by atoms with Gasteiger partial charge in [-0.05, 0) is 66.4 Å². The van der Waals surface area contributed by atoms with Crippen LogP contribution >= 0.6 is 23.2 Å². The van der Waals surface area contributed by atoms with Crippen LogP contribution in [0.2, 0.25) is 10.0 Å². The summed E-state index contributed by atoms with van der Waals surface area (Å²) in [4.78, 5) is 29.8. The maximum absolute atomic E-state index is 14.5. The average Bonchev–Trinajstić information content (AvgIpc) is 3.04. The van der Waals surface area contributed by atoms with Gasteiger partial charge in [-0.3, -0.25) is 13.9 Å². The van der Waals surface area contributed by atoms with E-state index in [-0.39, 0.29) is 29.5 Å². The van der Waals surface area contributed by atoms with E-state index < -0.39 is 28.5 Å². The van der Waals surface area contributed by atoms with Gasteiger partial charge in [-0.15, -0.1) is 0 Å². The third kappa shape index (κ3) is 9.10. The minimum atomic E-state index is -4.20. The molecule has 7 nitrogen and oxygen atoms in total. The molecule has 2 amide bonds. The SMILES string of the molecule is CCCCNC(=O)[C@H](Cc1ccccc1)N(Cc1ccc(Cl)cc1)C(=O)CN(c1ccc(C)c(Cl)c1)S(=O)(=O)c1ccccc1. The third-order valence-electron chi connectivity index (χ3n) is 7.42. The lowest BCUT2D eigenvalue weighted by atomic mass is 10.0. The van der Waals surface area contributed by atoms with Crippen LogP contribution in [-0.2, 0) is 32.6 Å². The van der Waals surface area contributed by atoms with Crippen molar-refractivity contribution >= 4 is 50.7 Å². The summed E-state index contributed by atoms with van der Waals surface area (Å²) >= 11 is 12.6. The second-order valence-electron chi connectivity index (χ2n) is 10.8. The van der Waals surface area contributed by atoms with Gasteiger partial charge in [0.1, 0.15) is 12.6 Å². The van der Waals surface area contributed by atoms with E-state index in [1.807, 2.05) is 44.2 Å². The molecule has 4 aromatic rings. The molecule has 0 heterocycles. The van der Waals surface area contributed by atoms with Gasteiger partial charge in [0.25, 0.3) is 10.0 Å². The van der Waals surface area contributed by atoms with E-state index in [1.54, 1.807) is 54.6 Å². The summed E-state index contributed by atoms with van der Waals surface area (Å²) in [7, 11) is -4.20. The average molecular weight is 667 g/mol. The number of halogens is 2. The first-order valence-electron chi connectivity index (χ1n) is 14.8. The molecule has 0 unspecified atom stereocenters. The van der Waals surface area contributed by atoms with Crippen LogP contribution in [0.5, 0.6) is 0 Å². The van der Waals surface area contributed by atoms with E-state index >= 15 is 0 Å². The van der Waals surface area contributed by atoms with Crippen molar-refractivity contribution in [1.29, 1.82) is 0 Å². The summed E-state index contributed by atoms with van der Waals surface area (Å²) in [6.45, 7) is 3.80. The predicted octanol–water partition coefficient (Wildman–Crippen LogP) is 7.05. The zero-order chi connectivity index (χ0) is 32.4. The lowest BCUT2D eigenvalue weighted by molar-refractivity contribution is -0.140. The molecular weight excluding hydrogens is 629 g/mol. The number of hydrogen-bond acceptors (Lipinski definition) is 4. The predicted molar refractivity (Wildman–Crippen MR) is 181 cm³/mol. The molecule has 0 saturated heterocycles. The van der Waals surface area contributed by atoms with E-state index in [1.165, 1.54) is 23.1 Å². The molecule has 0 aliphatic heterocycles. The first kappa shape index (κ1) is 34.0. The lowest BCUT2D eigenvalue weighted by Gasteiger charge is -2.34. The fraction of sp³-hybridized carbons (Fsp3) is 0.257. The number of amides is 2. The molecule has 0 radical (unpaired) electrons. The molecule has 1 N–H and O–H groups in total. The first-order chi connectivity index (χ1) is 21.6. The zero-order valence-electron chi connectivity index (χ0n) is 25.3. The smallest absolute Gasteiger partial charge is 0.264 e. The Morgan fingerprint density at radius 2 is 1.49 bits per heavy atom. The number of unbranched alkanes of at least 4 members (excludes halogenated alkanes) is 1. The zero-order valence-corrected chi connectivity index (χ0v) is 27.7. The van der Waals surface area contributed by atoms with Gasteiger partial charge in [-0.25, -0.2) is 8.42 Å². The molecular formula is C35H37Cl2N3O4S. The van der Waals surface area contributed by atoms with E-state index in [0.29, 0.717) is 16.6 Å². The minimum Gasteiger partial charge on any atom is -0.354 e. The van der Waals surface area contributed by atoms with Crippen molar-refractivity contribution in [1.82, 2.24) is 10.2 Å². The number of anilines is 1. The van der Waals surface area contributed by atoms with E-state index in [4.69, 9.17) is 23.2 Å². The van der Waals surface area contributed by atoms with Gasteiger partial charge in [0.15, 0.2) is 0 Å². The highest BCUT2D eigenvalue weighted by Gasteiger charge is 2.34. The molecule has 4 aromatic carbocycles. The number of nitrogens with one attached hydrogen (secondary N) is 1. The summed E-state index contributed by atoms with van der Waals surface area (Å²) in [5.41, 5.74) is 2.60. The number of rotatable bonds is 14. The number of carbonyl (C=O) groups excluding carboxylic acids is 2. The highest BCUT2D eigenvalue weighted by Crippen LogP contribution is 2.29. The van der Waals surface area contributed by atoms with Crippen molar-refractivity contribution in [3.63, 3.8) is 0 Å². The van der Waals surface area contributed by atoms with Crippen molar-refractivity contribution in [2.75, 3.05) is 17.4 Å². The Morgan fingerprint density at radius 1 is 0.844 bits per heavy atom. The van der Waals surface area contributed by atoms with Crippen LogP contribution in [0.3, 0.4) is 0 Å². The van der Waals surface area contributed by atoms with Gasteiger partial charge < -0.3 is 10.2 Å². The largest absolute Gasteiger partial charge is 0.354 e. The fourth-order valence-electron chi connectivity index (χ4n) is 4.83. The molecule has 0 aromatic heterocycles. The minimum absolute atomic E-state index is 0.0249. The number of carbonyl (C=O) groups is 2. The Hall–Kier alpha value is -3.85. The molecule has 1 atom stereocenters. The van der Waals surface area contributed by atoms with Crippen molar-refractivity contribution < 1.29 is 18.0 Å². The van der Waals surface area contributed by atoms with Crippen molar-refractivity contribution in [3.8, 4) is 0 Å². The highest BCUT2D eigenvalue weighted by atomic mass is 35.5. The Bertz CT molecular complexity index is 1690. The van der Waals surface area contributed by atoms with Crippen LogP contribution in [0.4, 0.5) is 5.69 Å². The maximum atomic E-state index is 14.5. The molecule has 0 saturated carbocycles. The topological polar surface area (TPSA) is 86.8 Å². The van der Waals surface area contributed by atoms with Crippen LogP contribution in [0.15, 0.2) is 108 Å². The lowest BCUT2D eigenvalue weighted by Crippen LogP contribution is -2.53. The van der Waals surface area contributed by atoms with E-state index in [9.17, 15) is 18.0 Å². The number of hydrogen-bond donors (Lipinski definition) is 1. The van der Waals surface area contributed by atoms with Crippen LogP contribution in [-0.4, -0.2) is 44.3 Å². The van der Waals surface area contributed by atoms with Gasteiger partial charge in [-0.1, -0.05) is 103 Å². The normalized spacial score (nSPS) is 11.9. The summed E-state index contributed by atoms with van der Waals surface area (Å²) in [6, 6.07) is 28.3. The van der Waals surface area contributed by atoms with Gasteiger partial charge in [-0.2, -0.15) is 0 Å². The molecule has 0 spiro atoms. The summed E-state index contributed by atoms with van der Waals surface area (Å²) < 4.78 is 29.2. The van der Waals surface area contributed by atoms with E-state index in [2.05, 4.69) is 5.32 Å². The van der Waals surface area contributed by atoms with Crippen molar-refractivity contribution in [2.24, 2.45) is 0 Å². The molecule has 10 heteroatoms. The van der Waals surface area contributed by atoms with Crippen LogP contribution in [0, 0.1) is 6.92 Å². The van der Waals surface area contributed by atoms with Crippen LogP contribution in [0.1, 0.15) is 36.5 Å². The van der Waals surface area contributed by atoms with Crippen LogP contribution in [0.25, 0.3) is 0 Å². The molecule has 236 valence electrons. The second kappa shape index (κ2) is 15.9. The maximum Gasteiger partial charge on any atom is 0.264 e. The Labute approximate surface area is 275 Å². The fourth-order valence-corrected chi connectivity index (χ4v) is 6.56. The molecule has 0 aliphatic carbocycles. The Morgan fingerprint density at radius 3 is 2.11 bits per heavy atom. The van der Waals surface area contributed by atoms with Crippen LogP contribution < -0.4 is 9.62 Å². The molecule has 0 aliphatic rings. The third-order valence-corrected chi connectivity index (χ3v) is 9.87. The molecule has 0 bridgehead atoms. The first-order valence-corrected chi connectivity index (χ1v) is 17.0. The molecule has 45 heavy (non-hydrogen) atoms. The second-order valence-corrected chi connectivity index (χ2v) is 13.5. The summed E-state index contributed by atoms with van der Waals surface area (Å²) in [6.07, 6.45) is 1.91. The van der Waals surface area contributed by atoms with Gasteiger partial charge in [0.2, 0.25) is 11.8 Å². The Kier molecular flexibility index (Phi) is 12.0. The number of benzene rings is 4. The van der Waals surface area contributed by atoms with Crippen molar-refractivity contribution in [3.05, 3.63) is 130 Å². The number of sulfonamides is 1. The Balaban J connectivity index is 1.79. The van der Waals surface area contributed by atoms with E-state index in [0.717, 1.165) is 33.8 Å². The van der Waals surface area contributed by atoms with Gasteiger partial charge in [0, 0.05) is 29.6 Å². The standard InChI is InChI=1S/C35H37Cl2N3O4S/c1-3-4-21-38-35(42)33(22-27-11-7-5-8-12-27)39(24-28-16-18-29(36)19-17-28)34(41)25-40(30-20-15-26(2)32(37)23-30)45(43,44)31-13-9-6-10-14-31/h5-20,23,33H,3-4,21-22,24-25H2,1-2H3,(H,38,42)/t33-/m0/s1. The van der Waals surface area contributed by atoms with Gasteiger partial charge in [0.05, 0.1) is 10.6 Å². The van der Waals surface area contributed by atoms with Crippen molar-refractivity contribution in [2.45, 2.75) is 50.6 Å². The number of nitrogens with zero attached hydrogens (tertiary/aromatic N) is 2. The molecule has 4 rings (SSSR count). The van der Waals surface area contributed by atoms with Gasteiger partial charge >= 0.3 is 0 Å².